The Hall–Kier alpha value is -3.28. The standard InChI is InChI=1S/C25H28F3N5O3/c26-25(27,28)21-6-2-1-5-20(21)16-33(9-8-32-10-12-35-13-11-32)17-23-31-22(18-36-23)24(34)30-15-19-4-3-7-29-14-19/h1-7,14,18H,8-13,15-17H2,(H,30,34). The molecule has 0 saturated carbocycles. The maximum absolute atomic E-state index is 13.6. The quantitative estimate of drug-likeness (QED) is 0.454. The molecule has 11 heteroatoms. The van der Waals surface area contributed by atoms with Gasteiger partial charge in [-0.05, 0) is 23.3 Å². The molecule has 1 N–H and O–H groups in total. The van der Waals surface area contributed by atoms with Crippen molar-refractivity contribution in [1.29, 1.82) is 0 Å². The number of amides is 1. The summed E-state index contributed by atoms with van der Waals surface area (Å²) in [6, 6.07) is 9.17. The fraction of sp³-hybridized carbons (Fsp3) is 0.400. The van der Waals surface area contributed by atoms with E-state index in [1.165, 1.54) is 18.4 Å². The molecule has 8 nitrogen and oxygen atoms in total. The molecule has 3 aromatic rings. The number of carbonyl (C=O) groups is 1. The summed E-state index contributed by atoms with van der Waals surface area (Å²) in [4.78, 5) is 24.8. The van der Waals surface area contributed by atoms with Gasteiger partial charge in [-0.2, -0.15) is 13.2 Å². The van der Waals surface area contributed by atoms with E-state index in [2.05, 4.69) is 20.2 Å². The Morgan fingerprint density at radius 1 is 1.11 bits per heavy atom. The number of aromatic nitrogens is 2. The Morgan fingerprint density at radius 3 is 2.67 bits per heavy atom. The number of benzene rings is 1. The second-order valence-corrected chi connectivity index (χ2v) is 8.49. The summed E-state index contributed by atoms with van der Waals surface area (Å²) >= 11 is 0. The first-order chi connectivity index (χ1) is 17.4. The summed E-state index contributed by atoms with van der Waals surface area (Å²) in [5, 5.41) is 2.76. The minimum absolute atomic E-state index is 0.0605. The van der Waals surface area contributed by atoms with Crippen LogP contribution in [0.5, 0.6) is 0 Å². The van der Waals surface area contributed by atoms with E-state index in [1.807, 2.05) is 11.0 Å². The van der Waals surface area contributed by atoms with Crippen molar-refractivity contribution in [2.45, 2.75) is 25.8 Å². The molecule has 2 aromatic heterocycles. The van der Waals surface area contributed by atoms with Gasteiger partial charge in [0.15, 0.2) is 5.69 Å². The number of alkyl halides is 3. The van der Waals surface area contributed by atoms with Crippen LogP contribution in [0.15, 0.2) is 59.5 Å². The summed E-state index contributed by atoms with van der Waals surface area (Å²) in [5.74, 6) is -0.149. The predicted octanol–water partition coefficient (Wildman–Crippen LogP) is 3.35. The molecule has 3 heterocycles. The molecule has 1 amide bonds. The predicted molar refractivity (Wildman–Crippen MR) is 125 cm³/mol. The van der Waals surface area contributed by atoms with Crippen molar-refractivity contribution in [3.8, 4) is 0 Å². The molecule has 1 aliphatic heterocycles. The first kappa shape index (κ1) is 25.8. The molecule has 36 heavy (non-hydrogen) atoms. The van der Waals surface area contributed by atoms with Crippen molar-refractivity contribution in [2.24, 2.45) is 0 Å². The van der Waals surface area contributed by atoms with Crippen molar-refractivity contribution in [1.82, 2.24) is 25.1 Å². The zero-order valence-corrected chi connectivity index (χ0v) is 19.7. The fourth-order valence-corrected chi connectivity index (χ4v) is 3.95. The number of carbonyl (C=O) groups excluding carboxylic acids is 1. The summed E-state index contributed by atoms with van der Waals surface area (Å²) in [5.41, 5.74) is 0.460. The molecule has 1 aliphatic rings. The molecule has 0 spiro atoms. The number of nitrogens with zero attached hydrogens (tertiary/aromatic N) is 4. The highest BCUT2D eigenvalue weighted by Gasteiger charge is 2.33. The molecule has 4 rings (SSSR count). The van der Waals surface area contributed by atoms with Gasteiger partial charge in [-0.25, -0.2) is 4.98 Å². The maximum Gasteiger partial charge on any atom is 0.416 e. The topological polar surface area (TPSA) is 83.7 Å². The smallest absolute Gasteiger partial charge is 0.416 e. The number of ether oxygens (including phenoxy) is 1. The van der Waals surface area contributed by atoms with Crippen LogP contribution in [0.1, 0.15) is 33.1 Å². The van der Waals surface area contributed by atoms with Gasteiger partial charge in [-0.3, -0.25) is 19.6 Å². The maximum atomic E-state index is 13.6. The Labute approximate surface area is 207 Å². The van der Waals surface area contributed by atoms with Gasteiger partial charge in [-0.15, -0.1) is 0 Å². The Kier molecular flexibility index (Phi) is 8.68. The first-order valence-corrected chi connectivity index (χ1v) is 11.7. The normalized spacial score (nSPS) is 14.8. The minimum atomic E-state index is -4.45. The molecule has 1 saturated heterocycles. The van der Waals surface area contributed by atoms with E-state index >= 15 is 0 Å². The van der Waals surface area contributed by atoms with E-state index < -0.39 is 17.6 Å². The van der Waals surface area contributed by atoms with Gasteiger partial charge >= 0.3 is 6.18 Å². The van der Waals surface area contributed by atoms with E-state index in [9.17, 15) is 18.0 Å². The van der Waals surface area contributed by atoms with Gasteiger partial charge in [0, 0.05) is 51.7 Å². The highest BCUT2D eigenvalue weighted by molar-refractivity contribution is 5.91. The van der Waals surface area contributed by atoms with Gasteiger partial charge in [0.05, 0.1) is 25.3 Å². The number of hydrogen-bond acceptors (Lipinski definition) is 7. The number of oxazole rings is 1. The van der Waals surface area contributed by atoms with Gasteiger partial charge in [0.2, 0.25) is 5.89 Å². The third-order valence-corrected chi connectivity index (χ3v) is 5.87. The van der Waals surface area contributed by atoms with Crippen LogP contribution < -0.4 is 5.32 Å². The summed E-state index contributed by atoms with van der Waals surface area (Å²) in [7, 11) is 0. The van der Waals surface area contributed by atoms with Crippen molar-refractivity contribution in [3.63, 3.8) is 0 Å². The summed E-state index contributed by atoms with van der Waals surface area (Å²) in [6.07, 6.45) is 0.111. The van der Waals surface area contributed by atoms with Crippen LogP contribution in [0.2, 0.25) is 0 Å². The number of nitrogens with one attached hydrogen (secondary N) is 1. The van der Waals surface area contributed by atoms with E-state index in [-0.39, 0.29) is 36.8 Å². The number of pyridine rings is 1. The lowest BCUT2D eigenvalue weighted by molar-refractivity contribution is -0.138. The van der Waals surface area contributed by atoms with Crippen LogP contribution >= 0.6 is 0 Å². The second kappa shape index (κ2) is 12.1. The van der Waals surface area contributed by atoms with Crippen molar-refractivity contribution in [2.75, 3.05) is 39.4 Å². The lowest BCUT2D eigenvalue weighted by Gasteiger charge is -2.30. The van der Waals surface area contributed by atoms with Crippen LogP contribution in [0.25, 0.3) is 0 Å². The molecule has 0 atom stereocenters. The third kappa shape index (κ3) is 7.36. The average molecular weight is 504 g/mol. The molecular formula is C25H28F3N5O3. The minimum Gasteiger partial charge on any atom is -0.447 e. The monoisotopic (exact) mass is 503 g/mol. The number of morpholine rings is 1. The molecule has 0 unspecified atom stereocenters. The molecule has 1 fully saturated rings. The molecule has 0 radical (unpaired) electrons. The van der Waals surface area contributed by atoms with Crippen LogP contribution in [-0.2, 0) is 30.5 Å². The Morgan fingerprint density at radius 2 is 1.92 bits per heavy atom. The fourth-order valence-electron chi connectivity index (χ4n) is 3.95. The lowest BCUT2D eigenvalue weighted by Crippen LogP contribution is -2.41. The summed E-state index contributed by atoms with van der Waals surface area (Å²) in [6.45, 7) is 4.47. The first-order valence-electron chi connectivity index (χ1n) is 11.7. The van der Waals surface area contributed by atoms with E-state index in [1.54, 1.807) is 24.5 Å². The van der Waals surface area contributed by atoms with E-state index in [0.29, 0.717) is 26.3 Å². The number of rotatable bonds is 10. The molecule has 0 aliphatic carbocycles. The third-order valence-electron chi connectivity index (χ3n) is 5.87. The van der Waals surface area contributed by atoms with E-state index in [0.717, 1.165) is 24.7 Å². The van der Waals surface area contributed by atoms with Gasteiger partial charge in [0.1, 0.15) is 6.26 Å². The second-order valence-electron chi connectivity index (χ2n) is 8.49. The van der Waals surface area contributed by atoms with Crippen LogP contribution in [0.3, 0.4) is 0 Å². The van der Waals surface area contributed by atoms with Gasteiger partial charge in [0.25, 0.3) is 5.91 Å². The molecular weight excluding hydrogens is 475 g/mol. The van der Waals surface area contributed by atoms with Crippen molar-refractivity contribution < 1.29 is 27.1 Å². The van der Waals surface area contributed by atoms with Gasteiger partial charge < -0.3 is 14.5 Å². The highest BCUT2D eigenvalue weighted by Crippen LogP contribution is 2.32. The van der Waals surface area contributed by atoms with Crippen LogP contribution in [0.4, 0.5) is 13.2 Å². The SMILES string of the molecule is O=C(NCc1cccnc1)c1coc(CN(CCN2CCOCC2)Cc2ccccc2C(F)(F)F)n1. The molecule has 1 aromatic carbocycles. The van der Waals surface area contributed by atoms with Gasteiger partial charge in [-0.1, -0.05) is 24.3 Å². The lowest BCUT2D eigenvalue weighted by atomic mass is 10.1. The summed E-state index contributed by atoms with van der Waals surface area (Å²) < 4.78 is 51.6. The largest absolute Gasteiger partial charge is 0.447 e. The number of hydrogen-bond donors (Lipinski definition) is 1. The Balaban J connectivity index is 1.43. The van der Waals surface area contributed by atoms with Crippen molar-refractivity contribution in [3.05, 3.63) is 83.3 Å². The number of halogens is 3. The Bertz CT molecular complexity index is 1120. The highest BCUT2D eigenvalue weighted by atomic mass is 19.4. The average Bonchev–Trinajstić information content (AvgIpc) is 3.35. The molecule has 0 bridgehead atoms. The molecule has 192 valence electrons. The van der Waals surface area contributed by atoms with Crippen LogP contribution in [0, 0.1) is 0 Å². The zero-order valence-electron chi connectivity index (χ0n) is 19.7. The van der Waals surface area contributed by atoms with E-state index in [4.69, 9.17) is 9.15 Å². The zero-order chi connectivity index (χ0) is 25.4. The van der Waals surface area contributed by atoms with Crippen LogP contribution in [-0.4, -0.2) is 65.1 Å². The van der Waals surface area contributed by atoms with Crippen molar-refractivity contribution >= 4 is 5.91 Å².